The number of guanidine groups is 1. The van der Waals surface area contributed by atoms with Crippen LogP contribution in [0, 0.1) is 0 Å². The van der Waals surface area contributed by atoms with Crippen LogP contribution in [-0.2, 0) is 13.0 Å². The third kappa shape index (κ3) is 6.44. The van der Waals surface area contributed by atoms with Gasteiger partial charge in [-0.1, -0.05) is 6.07 Å². The van der Waals surface area contributed by atoms with Gasteiger partial charge >= 0.3 is 0 Å². The molecule has 0 saturated carbocycles. The van der Waals surface area contributed by atoms with Crippen LogP contribution in [0.3, 0.4) is 0 Å². The molecule has 156 valence electrons. The number of rotatable bonds is 9. The van der Waals surface area contributed by atoms with Crippen LogP contribution in [0.25, 0.3) is 0 Å². The molecule has 28 heavy (non-hydrogen) atoms. The van der Waals surface area contributed by atoms with E-state index in [-0.39, 0.29) is 24.0 Å². The maximum atomic E-state index is 5.55. The van der Waals surface area contributed by atoms with Gasteiger partial charge in [-0.05, 0) is 36.9 Å². The third-order valence-electron chi connectivity index (χ3n) is 4.16. The number of ether oxygens (including phenoxy) is 3. The van der Waals surface area contributed by atoms with Crippen molar-refractivity contribution in [3.8, 4) is 17.2 Å². The molecule has 1 N–H and O–H groups in total. The number of likely N-dealkylation sites (N-methyl/N-ethyl adjacent to an activating group) is 1. The van der Waals surface area contributed by atoms with Gasteiger partial charge in [0, 0.05) is 30.6 Å². The quantitative estimate of drug-likeness (QED) is 0.308. The number of benzene rings is 1. The lowest BCUT2D eigenvalue weighted by Crippen LogP contribution is -2.39. The van der Waals surface area contributed by atoms with Gasteiger partial charge in [0.25, 0.3) is 0 Å². The second-order valence-corrected chi connectivity index (χ2v) is 6.95. The standard InChI is InChI=1S/C20H29N3O3S.HI/c1-6-21-20(23(2)12-11-16-8-7-13-27-16)22-14-15-9-10-17(24-3)19(26-5)18(15)25-4;/h7-10,13H,6,11-12,14H2,1-5H3,(H,21,22);1H. The molecular formula is C20H30IN3O3S. The Labute approximate surface area is 188 Å². The average Bonchev–Trinajstić information content (AvgIpc) is 3.21. The summed E-state index contributed by atoms with van der Waals surface area (Å²) in [6.07, 6.45) is 0.998. The molecule has 1 aromatic carbocycles. The molecule has 2 rings (SSSR count). The van der Waals surface area contributed by atoms with Crippen molar-refractivity contribution < 1.29 is 14.2 Å². The Kier molecular flexibility index (Phi) is 11.1. The minimum Gasteiger partial charge on any atom is -0.493 e. The van der Waals surface area contributed by atoms with Crippen molar-refractivity contribution in [2.75, 3.05) is 41.5 Å². The fourth-order valence-electron chi connectivity index (χ4n) is 2.76. The third-order valence-corrected chi connectivity index (χ3v) is 5.09. The minimum atomic E-state index is 0. The molecular weight excluding hydrogens is 489 g/mol. The van der Waals surface area contributed by atoms with Gasteiger partial charge in [0.15, 0.2) is 17.5 Å². The Morgan fingerprint density at radius 3 is 2.43 bits per heavy atom. The molecule has 0 fully saturated rings. The van der Waals surface area contributed by atoms with Crippen LogP contribution in [0.2, 0.25) is 0 Å². The zero-order valence-corrected chi connectivity index (χ0v) is 20.3. The van der Waals surface area contributed by atoms with Gasteiger partial charge in [-0.2, -0.15) is 0 Å². The molecule has 0 spiro atoms. The van der Waals surface area contributed by atoms with E-state index < -0.39 is 0 Å². The fraction of sp³-hybridized carbons (Fsp3) is 0.450. The number of hydrogen-bond acceptors (Lipinski definition) is 5. The van der Waals surface area contributed by atoms with Crippen molar-refractivity contribution in [3.63, 3.8) is 0 Å². The molecule has 1 heterocycles. The highest BCUT2D eigenvalue weighted by atomic mass is 127. The molecule has 6 nitrogen and oxygen atoms in total. The van der Waals surface area contributed by atoms with Crippen molar-refractivity contribution in [2.24, 2.45) is 4.99 Å². The molecule has 0 unspecified atom stereocenters. The summed E-state index contributed by atoms with van der Waals surface area (Å²) in [6.45, 7) is 4.26. The zero-order chi connectivity index (χ0) is 19.6. The Morgan fingerprint density at radius 2 is 1.86 bits per heavy atom. The summed E-state index contributed by atoms with van der Waals surface area (Å²) in [5.74, 6) is 2.74. The van der Waals surface area contributed by atoms with Crippen LogP contribution in [0.5, 0.6) is 17.2 Å². The number of nitrogens with zero attached hydrogens (tertiary/aromatic N) is 2. The van der Waals surface area contributed by atoms with Crippen LogP contribution in [0.1, 0.15) is 17.4 Å². The van der Waals surface area contributed by atoms with Gasteiger partial charge in [0.05, 0.1) is 27.9 Å². The van der Waals surface area contributed by atoms with E-state index in [1.54, 1.807) is 32.7 Å². The van der Waals surface area contributed by atoms with Gasteiger partial charge in [0.2, 0.25) is 5.75 Å². The first-order chi connectivity index (χ1) is 13.1. The topological polar surface area (TPSA) is 55.3 Å². The summed E-state index contributed by atoms with van der Waals surface area (Å²) in [5, 5.41) is 5.46. The summed E-state index contributed by atoms with van der Waals surface area (Å²) >= 11 is 1.78. The predicted molar refractivity (Wildman–Crippen MR) is 127 cm³/mol. The first-order valence-corrected chi connectivity index (χ1v) is 9.82. The van der Waals surface area contributed by atoms with E-state index >= 15 is 0 Å². The number of halogens is 1. The van der Waals surface area contributed by atoms with Crippen molar-refractivity contribution in [2.45, 2.75) is 19.9 Å². The molecule has 0 amide bonds. The van der Waals surface area contributed by atoms with Gasteiger partial charge in [-0.25, -0.2) is 4.99 Å². The zero-order valence-electron chi connectivity index (χ0n) is 17.2. The van der Waals surface area contributed by atoms with Crippen LogP contribution in [0.15, 0.2) is 34.6 Å². The molecule has 0 aliphatic rings. The molecule has 8 heteroatoms. The van der Waals surface area contributed by atoms with Crippen LogP contribution in [0.4, 0.5) is 0 Å². The van der Waals surface area contributed by atoms with E-state index in [0.717, 1.165) is 31.0 Å². The van der Waals surface area contributed by atoms with Gasteiger partial charge in [0.1, 0.15) is 0 Å². The minimum absolute atomic E-state index is 0. The average molecular weight is 519 g/mol. The second-order valence-electron chi connectivity index (χ2n) is 5.91. The van der Waals surface area contributed by atoms with E-state index in [4.69, 9.17) is 19.2 Å². The maximum Gasteiger partial charge on any atom is 0.203 e. The number of aliphatic imine (C=N–C) groups is 1. The molecule has 0 radical (unpaired) electrons. The number of methoxy groups -OCH3 is 3. The number of thiophene rings is 1. The van der Waals surface area contributed by atoms with E-state index in [1.165, 1.54) is 4.88 Å². The highest BCUT2D eigenvalue weighted by molar-refractivity contribution is 14.0. The SMILES string of the molecule is CCNC(=NCc1ccc(OC)c(OC)c1OC)N(C)CCc1cccs1.I. The Hall–Kier alpha value is -1.68. The maximum absolute atomic E-state index is 5.55. The smallest absolute Gasteiger partial charge is 0.203 e. The van der Waals surface area contributed by atoms with Crippen LogP contribution < -0.4 is 19.5 Å². The van der Waals surface area contributed by atoms with Crippen molar-refractivity contribution in [1.82, 2.24) is 10.2 Å². The van der Waals surface area contributed by atoms with E-state index in [9.17, 15) is 0 Å². The summed E-state index contributed by atoms with van der Waals surface area (Å²) < 4.78 is 16.4. The van der Waals surface area contributed by atoms with Crippen LogP contribution in [-0.4, -0.2) is 52.3 Å². The van der Waals surface area contributed by atoms with Gasteiger partial charge in [-0.15, -0.1) is 35.3 Å². The predicted octanol–water partition coefficient (Wildman–Crippen LogP) is 4.03. The summed E-state index contributed by atoms with van der Waals surface area (Å²) in [5.41, 5.74) is 0.942. The molecule has 1 aromatic heterocycles. The van der Waals surface area contributed by atoms with E-state index in [2.05, 4.69) is 41.7 Å². The summed E-state index contributed by atoms with van der Waals surface area (Å²) in [7, 11) is 6.90. The largest absolute Gasteiger partial charge is 0.493 e. The van der Waals surface area contributed by atoms with Gasteiger partial charge in [-0.3, -0.25) is 0 Å². The molecule has 0 aliphatic heterocycles. The Morgan fingerprint density at radius 1 is 1.11 bits per heavy atom. The summed E-state index contributed by atoms with van der Waals surface area (Å²) in [4.78, 5) is 8.31. The Bertz CT molecular complexity index is 739. The Balaban J connectivity index is 0.00000392. The first kappa shape index (κ1) is 24.4. The van der Waals surface area contributed by atoms with Gasteiger partial charge < -0.3 is 24.4 Å². The van der Waals surface area contributed by atoms with Crippen molar-refractivity contribution in [1.29, 1.82) is 0 Å². The highest BCUT2D eigenvalue weighted by Gasteiger charge is 2.16. The first-order valence-electron chi connectivity index (χ1n) is 8.94. The lowest BCUT2D eigenvalue weighted by molar-refractivity contribution is 0.322. The monoisotopic (exact) mass is 519 g/mol. The molecule has 0 saturated heterocycles. The highest BCUT2D eigenvalue weighted by Crippen LogP contribution is 2.39. The van der Waals surface area contributed by atoms with Crippen molar-refractivity contribution in [3.05, 3.63) is 40.1 Å². The number of hydrogen-bond donors (Lipinski definition) is 1. The molecule has 0 atom stereocenters. The van der Waals surface area contributed by atoms with Crippen LogP contribution >= 0.6 is 35.3 Å². The lowest BCUT2D eigenvalue weighted by Gasteiger charge is -2.22. The molecule has 2 aromatic rings. The van der Waals surface area contributed by atoms with E-state index in [1.807, 2.05) is 12.1 Å². The number of nitrogens with one attached hydrogen (secondary N) is 1. The molecule has 0 aliphatic carbocycles. The van der Waals surface area contributed by atoms with E-state index in [0.29, 0.717) is 23.8 Å². The normalized spacial score (nSPS) is 10.8. The molecule has 0 bridgehead atoms. The fourth-order valence-corrected chi connectivity index (χ4v) is 3.45. The van der Waals surface area contributed by atoms with Crippen molar-refractivity contribution >= 4 is 41.3 Å². The summed E-state index contributed by atoms with van der Waals surface area (Å²) in [6, 6.07) is 8.08. The second kappa shape index (κ2) is 12.7. The lowest BCUT2D eigenvalue weighted by atomic mass is 10.1.